The molecule has 1 aromatic rings. The van der Waals surface area contributed by atoms with Gasteiger partial charge in [0.15, 0.2) is 0 Å². The van der Waals surface area contributed by atoms with Crippen LogP contribution in [0.25, 0.3) is 0 Å². The molecule has 0 saturated heterocycles. The average molecular weight is 310 g/mol. The van der Waals surface area contributed by atoms with E-state index in [4.69, 9.17) is 5.26 Å². The van der Waals surface area contributed by atoms with E-state index in [1.807, 2.05) is 12.3 Å². The minimum absolute atomic E-state index is 0.596. The molecule has 0 spiro atoms. The van der Waals surface area contributed by atoms with Crippen molar-refractivity contribution in [2.24, 2.45) is 0 Å². The predicted molar refractivity (Wildman–Crippen MR) is 77.4 cm³/mol. The van der Waals surface area contributed by atoms with Crippen LogP contribution in [0.2, 0.25) is 0 Å². The number of hydrogen-bond donors (Lipinski definition) is 0. The number of nitrogens with zero attached hydrogens (tertiary/aromatic N) is 3. The molecule has 0 atom stereocenters. The Labute approximate surface area is 118 Å². The summed E-state index contributed by atoms with van der Waals surface area (Å²) in [7, 11) is 0. The molecule has 0 aliphatic rings. The summed E-state index contributed by atoms with van der Waals surface area (Å²) in [5, 5.41) is 9.77. The third kappa shape index (κ3) is 6.73. The number of pyridine rings is 1. The Hall–Kier alpha value is -0.920. The van der Waals surface area contributed by atoms with Crippen LogP contribution < -0.4 is 0 Å². The predicted octanol–water partition coefficient (Wildman–Crippen LogP) is 3.36. The molecule has 0 unspecified atom stereocenters. The van der Waals surface area contributed by atoms with Gasteiger partial charge in [0.2, 0.25) is 0 Å². The number of halogens is 1. The van der Waals surface area contributed by atoms with Gasteiger partial charge in [-0.15, -0.1) is 0 Å². The summed E-state index contributed by atoms with van der Waals surface area (Å²) in [6.07, 6.45) is 7.94. The molecule has 1 rings (SSSR count). The molecule has 0 aliphatic heterocycles. The van der Waals surface area contributed by atoms with Gasteiger partial charge in [0.1, 0.15) is 0 Å². The van der Waals surface area contributed by atoms with E-state index in [0.29, 0.717) is 6.42 Å². The Morgan fingerprint density at radius 2 is 2.17 bits per heavy atom. The Kier molecular flexibility index (Phi) is 8.45. The number of nitriles is 1. The van der Waals surface area contributed by atoms with Crippen LogP contribution in [-0.2, 0) is 6.54 Å². The van der Waals surface area contributed by atoms with E-state index in [-0.39, 0.29) is 0 Å². The highest BCUT2D eigenvalue weighted by Crippen LogP contribution is 2.07. The molecule has 1 heterocycles. The van der Waals surface area contributed by atoms with E-state index in [0.717, 1.165) is 25.0 Å². The monoisotopic (exact) mass is 309 g/mol. The zero-order valence-electron chi connectivity index (χ0n) is 10.7. The van der Waals surface area contributed by atoms with Crippen molar-refractivity contribution in [1.82, 2.24) is 9.88 Å². The van der Waals surface area contributed by atoms with Crippen molar-refractivity contribution in [3.8, 4) is 6.07 Å². The minimum atomic E-state index is 0.596. The second-order valence-corrected chi connectivity index (χ2v) is 5.09. The van der Waals surface area contributed by atoms with E-state index in [9.17, 15) is 0 Å². The van der Waals surface area contributed by atoms with Gasteiger partial charge in [0.05, 0.1) is 6.07 Å². The number of aromatic nitrogens is 1. The third-order valence-corrected chi connectivity index (χ3v) is 3.34. The number of alkyl halides is 1. The molecule has 0 N–H and O–H groups in total. The third-order valence-electron chi connectivity index (χ3n) is 2.78. The largest absolute Gasteiger partial charge is 0.298 e. The maximum Gasteiger partial charge on any atom is 0.0635 e. The van der Waals surface area contributed by atoms with Crippen LogP contribution in [0.3, 0.4) is 0 Å². The van der Waals surface area contributed by atoms with Gasteiger partial charge >= 0.3 is 0 Å². The molecule has 98 valence electrons. The van der Waals surface area contributed by atoms with Crippen molar-refractivity contribution in [3.05, 3.63) is 30.1 Å². The lowest BCUT2D eigenvalue weighted by Crippen LogP contribution is -2.25. The van der Waals surface area contributed by atoms with Gasteiger partial charge in [-0.3, -0.25) is 9.88 Å². The van der Waals surface area contributed by atoms with E-state index in [1.54, 1.807) is 6.20 Å². The first-order valence-electron chi connectivity index (χ1n) is 6.41. The van der Waals surface area contributed by atoms with Crippen molar-refractivity contribution in [3.63, 3.8) is 0 Å². The van der Waals surface area contributed by atoms with E-state index in [2.05, 4.69) is 37.9 Å². The van der Waals surface area contributed by atoms with Gasteiger partial charge in [-0.25, -0.2) is 0 Å². The van der Waals surface area contributed by atoms with Crippen LogP contribution in [0.4, 0.5) is 0 Å². The molecule has 0 bridgehead atoms. The molecule has 0 aliphatic carbocycles. The van der Waals surface area contributed by atoms with Crippen molar-refractivity contribution >= 4 is 15.9 Å². The molecule has 3 nitrogen and oxygen atoms in total. The van der Waals surface area contributed by atoms with Crippen molar-refractivity contribution in [1.29, 1.82) is 5.26 Å². The van der Waals surface area contributed by atoms with Gasteiger partial charge in [-0.05, 0) is 31.0 Å². The summed E-state index contributed by atoms with van der Waals surface area (Å²) >= 11 is 3.45. The van der Waals surface area contributed by atoms with Gasteiger partial charge < -0.3 is 0 Å². The van der Waals surface area contributed by atoms with Gasteiger partial charge in [0, 0.05) is 37.2 Å². The molecule has 0 fully saturated rings. The molecular formula is C14H20BrN3. The van der Waals surface area contributed by atoms with Crippen LogP contribution in [0.5, 0.6) is 0 Å². The molecule has 1 aromatic heterocycles. The Balaban J connectivity index is 2.37. The topological polar surface area (TPSA) is 39.9 Å². The highest BCUT2D eigenvalue weighted by atomic mass is 79.9. The molecular weight excluding hydrogens is 290 g/mol. The fraction of sp³-hybridized carbons (Fsp3) is 0.571. The average Bonchev–Trinajstić information content (AvgIpc) is 2.41. The van der Waals surface area contributed by atoms with Crippen LogP contribution in [0.15, 0.2) is 24.5 Å². The number of unbranched alkanes of at least 4 members (excludes halogenated alkanes) is 2. The summed E-state index contributed by atoms with van der Waals surface area (Å²) in [6.45, 7) is 2.80. The standard InChI is InChI=1S/C14H20BrN3/c15-7-2-1-3-10-18(11-5-8-16)13-14-6-4-9-17-12-14/h4,6,9,12H,1-3,5,7,10-11,13H2. The lowest BCUT2D eigenvalue weighted by molar-refractivity contribution is 0.265. The number of rotatable bonds is 9. The fourth-order valence-electron chi connectivity index (χ4n) is 1.83. The van der Waals surface area contributed by atoms with E-state index < -0.39 is 0 Å². The van der Waals surface area contributed by atoms with Crippen molar-refractivity contribution in [2.45, 2.75) is 32.2 Å². The SMILES string of the molecule is N#CCCN(CCCCCBr)Cc1cccnc1. The minimum Gasteiger partial charge on any atom is -0.298 e. The summed E-state index contributed by atoms with van der Waals surface area (Å²) in [4.78, 5) is 6.47. The smallest absolute Gasteiger partial charge is 0.0635 e. The molecule has 0 saturated carbocycles. The van der Waals surface area contributed by atoms with Crippen molar-refractivity contribution < 1.29 is 0 Å². The molecule has 0 aromatic carbocycles. The van der Waals surface area contributed by atoms with E-state index >= 15 is 0 Å². The molecule has 4 heteroatoms. The highest BCUT2D eigenvalue weighted by molar-refractivity contribution is 9.09. The second-order valence-electron chi connectivity index (χ2n) is 4.30. The summed E-state index contributed by atoms with van der Waals surface area (Å²) in [5.41, 5.74) is 1.22. The lowest BCUT2D eigenvalue weighted by Gasteiger charge is -2.20. The first-order valence-corrected chi connectivity index (χ1v) is 7.53. The Bertz CT molecular complexity index is 348. The first-order chi connectivity index (χ1) is 8.86. The zero-order chi connectivity index (χ0) is 13.1. The fourth-order valence-corrected chi connectivity index (χ4v) is 2.23. The second kappa shape index (κ2) is 10.0. The lowest BCUT2D eigenvalue weighted by atomic mass is 10.2. The Morgan fingerprint density at radius 3 is 2.83 bits per heavy atom. The van der Waals surface area contributed by atoms with Gasteiger partial charge in [-0.2, -0.15) is 5.26 Å². The normalized spacial score (nSPS) is 10.5. The Morgan fingerprint density at radius 1 is 1.28 bits per heavy atom. The summed E-state index contributed by atoms with van der Waals surface area (Å²) < 4.78 is 0. The van der Waals surface area contributed by atoms with Crippen LogP contribution in [0, 0.1) is 11.3 Å². The summed E-state index contributed by atoms with van der Waals surface area (Å²) in [6, 6.07) is 6.27. The molecule has 18 heavy (non-hydrogen) atoms. The van der Waals surface area contributed by atoms with Crippen LogP contribution in [-0.4, -0.2) is 28.3 Å². The zero-order valence-corrected chi connectivity index (χ0v) is 12.3. The quantitative estimate of drug-likeness (QED) is 0.519. The van der Waals surface area contributed by atoms with Crippen molar-refractivity contribution in [2.75, 3.05) is 18.4 Å². The molecule has 0 amide bonds. The van der Waals surface area contributed by atoms with E-state index in [1.165, 1.54) is 24.8 Å². The molecule has 0 radical (unpaired) electrons. The van der Waals surface area contributed by atoms with Crippen LogP contribution >= 0.6 is 15.9 Å². The maximum atomic E-state index is 8.70. The van der Waals surface area contributed by atoms with Gasteiger partial charge in [-0.1, -0.05) is 28.4 Å². The van der Waals surface area contributed by atoms with Crippen LogP contribution in [0.1, 0.15) is 31.2 Å². The van der Waals surface area contributed by atoms with Gasteiger partial charge in [0.25, 0.3) is 0 Å². The first kappa shape index (κ1) is 15.1. The summed E-state index contributed by atoms with van der Waals surface area (Å²) in [5.74, 6) is 0. The maximum absolute atomic E-state index is 8.70. The number of hydrogen-bond acceptors (Lipinski definition) is 3. The highest BCUT2D eigenvalue weighted by Gasteiger charge is 2.05.